The van der Waals surface area contributed by atoms with Crippen LogP contribution in [-0.2, 0) is 19.4 Å². The molecule has 0 radical (unpaired) electrons. The van der Waals surface area contributed by atoms with Crippen molar-refractivity contribution >= 4 is 21.7 Å². The Hall–Kier alpha value is -1.89. The molecule has 7 heteroatoms. The molecule has 6 nitrogen and oxygen atoms in total. The van der Waals surface area contributed by atoms with Crippen molar-refractivity contribution in [3.8, 4) is 0 Å². The lowest BCUT2D eigenvalue weighted by molar-refractivity contribution is -0.125. The van der Waals surface area contributed by atoms with E-state index >= 15 is 0 Å². The Morgan fingerprint density at radius 2 is 1.74 bits per heavy atom. The molecule has 0 aliphatic heterocycles. The molecule has 1 amide bonds. The third kappa shape index (κ3) is 5.35. The van der Waals surface area contributed by atoms with Crippen molar-refractivity contribution in [3.63, 3.8) is 0 Å². The number of benzene rings is 1. The SMILES string of the molecule is CCC(CC)NC(=O)COC(=O)c1ccccc1S(=O)(=O)CC. The first-order valence-corrected chi connectivity index (χ1v) is 9.29. The van der Waals surface area contributed by atoms with Gasteiger partial charge in [-0.25, -0.2) is 13.2 Å². The largest absolute Gasteiger partial charge is 0.452 e. The summed E-state index contributed by atoms with van der Waals surface area (Å²) in [5.41, 5.74) is -0.0512. The summed E-state index contributed by atoms with van der Waals surface area (Å²) in [4.78, 5) is 23.8. The summed E-state index contributed by atoms with van der Waals surface area (Å²) in [5, 5.41) is 2.74. The molecule has 1 aromatic rings. The number of hydrogen-bond acceptors (Lipinski definition) is 5. The lowest BCUT2D eigenvalue weighted by Crippen LogP contribution is -2.37. The zero-order valence-electron chi connectivity index (χ0n) is 13.7. The zero-order chi connectivity index (χ0) is 17.5. The van der Waals surface area contributed by atoms with Crippen molar-refractivity contribution in [3.05, 3.63) is 29.8 Å². The minimum atomic E-state index is -3.54. The Bertz CT molecular complexity index is 650. The first kappa shape index (κ1) is 19.2. The molecule has 0 saturated carbocycles. The first-order valence-electron chi connectivity index (χ1n) is 7.63. The molecule has 1 rings (SSSR count). The minimum absolute atomic E-state index is 0.0361. The van der Waals surface area contributed by atoms with Gasteiger partial charge in [0.15, 0.2) is 16.4 Å². The molecule has 0 atom stereocenters. The van der Waals surface area contributed by atoms with Crippen LogP contribution in [0.2, 0.25) is 0 Å². The molecule has 0 spiro atoms. The van der Waals surface area contributed by atoms with Gasteiger partial charge in [-0.3, -0.25) is 4.79 Å². The maximum atomic E-state index is 12.1. The van der Waals surface area contributed by atoms with Gasteiger partial charge in [-0.15, -0.1) is 0 Å². The second-order valence-electron chi connectivity index (χ2n) is 5.06. The van der Waals surface area contributed by atoms with Crippen molar-refractivity contribution in [1.82, 2.24) is 5.32 Å². The summed E-state index contributed by atoms with van der Waals surface area (Å²) >= 11 is 0. The second-order valence-corrected chi connectivity index (χ2v) is 7.30. The standard InChI is InChI=1S/C16H23NO5S/c1-4-12(5-2)17-15(18)11-22-16(19)13-9-7-8-10-14(13)23(20,21)6-3/h7-10,12H,4-6,11H2,1-3H3,(H,17,18). The van der Waals surface area contributed by atoms with Gasteiger partial charge >= 0.3 is 5.97 Å². The molecule has 0 unspecified atom stereocenters. The summed E-state index contributed by atoms with van der Waals surface area (Å²) in [5.74, 6) is -1.34. The topological polar surface area (TPSA) is 89.5 Å². The molecular formula is C16H23NO5S. The zero-order valence-corrected chi connectivity index (χ0v) is 14.5. The Morgan fingerprint density at radius 3 is 2.30 bits per heavy atom. The van der Waals surface area contributed by atoms with Crippen LogP contribution < -0.4 is 5.32 Å². The van der Waals surface area contributed by atoms with Crippen LogP contribution in [0.25, 0.3) is 0 Å². The second kappa shape index (κ2) is 8.67. The van der Waals surface area contributed by atoms with E-state index in [-0.39, 0.29) is 22.3 Å². The Kier molecular flexibility index (Phi) is 7.22. The Morgan fingerprint density at radius 1 is 1.13 bits per heavy atom. The third-order valence-corrected chi connectivity index (χ3v) is 5.29. The van der Waals surface area contributed by atoms with Crippen LogP contribution in [0.3, 0.4) is 0 Å². The van der Waals surface area contributed by atoms with E-state index in [1.54, 1.807) is 12.1 Å². The highest BCUT2D eigenvalue weighted by Gasteiger charge is 2.22. The van der Waals surface area contributed by atoms with Gasteiger partial charge in [-0.2, -0.15) is 0 Å². The van der Waals surface area contributed by atoms with Crippen molar-refractivity contribution in [2.45, 2.75) is 44.6 Å². The highest BCUT2D eigenvalue weighted by Crippen LogP contribution is 2.17. The van der Waals surface area contributed by atoms with Crippen molar-refractivity contribution < 1.29 is 22.7 Å². The van der Waals surface area contributed by atoms with Gasteiger partial charge < -0.3 is 10.1 Å². The van der Waals surface area contributed by atoms with E-state index in [2.05, 4.69) is 5.32 Å². The van der Waals surface area contributed by atoms with Crippen molar-refractivity contribution in [2.24, 2.45) is 0 Å². The summed E-state index contributed by atoms with van der Waals surface area (Å²) in [6.45, 7) is 4.97. The van der Waals surface area contributed by atoms with E-state index in [4.69, 9.17) is 4.74 Å². The molecule has 0 aromatic heterocycles. The molecule has 0 heterocycles. The smallest absolute Gasteiger partial charge is 0.339 e. The van der Waals surface area contributed by atoms with Crippen LogP contribution in [0.4, 0.5) is 0 Å². The number of ether oxygens (including phenoxy) is 1. The summed E-state index contributed by atoms with van der Waals surface area (Å²) in [7, 11) is -3.54. The Labute approximate surface area is 137 Å². The Balaban J connectivity index is 2.79. The van der Waals surface area contributed by atoms with Gasteiger partial charge in [-0.05, 0) is 25.0 Å². The normalized spacial score (nSPS) is 11.3. The molecule has 0 aliphatic rings. The van der Waals surface area contributed by atoms with Gasteiger partial charge in [-0.1, -0.05) is 32.9 Å². The highest BCUT2D eigenvalue weighted by molar-refractivity contribution is 7.91. The molecule has 0 aliphatic carbocycles. The van der Waals surface area contributed by atoms with E-state index in [1.165, 1.54) is 19.1 Å². The molecular weight excluding hydrogens is 318 g/mol. The number of amides is 1. The van der Waals surface area contributed by atoms with Crippen LogP contribution >= 0.6 is 0 Å². The minimum Gasteiger partial charge on any atom is -0.452 e. The van der Waals surface area contributed by atoms with E-state index < -0.39 is 28.3 Å². The number of rotatable bonds is 8. The molecule has 1 N–H and O–H groups in total. The van der Waals surface area contributed by atoms with E-state index in [1.807, 2.05) is 13.8 Å². The fraction of sp³-hybridized carbons (Fsp3) is 0.500. The van der Waals surface area contributed by atoms with Gasteiger partial charge in [0.1, 0.15) is 0 Å². The van der Waals surface area contributed by atoms with Crippen LogP contribution in [0, 0.1) is 0 Å². The van der Waals surface area contributed by atoms with E-state index in [0.717, 1.165) is 12.8 Å². The number of esters is 1. The van der Waals surface area contributed by atoms with Gasteiger partial charge in [0.05, 0.1) is 16.2 Å². The monoisotopic (exact) mass is 341 g/mol. The van der Waals surface area contributed by atoms with Crippen LogP contribution in [0.15, 0.2) is 29.2 Å². The average Bonchev–Trinajstić information content (AvgIpc) is 2.57. The molecule has 23 heavy (non-hydrogen) atoms. The summed E-state index contributed by atoms with van der Waals surface area (Å²) in [6, 6.07) is 5.87. The quantitative estimate of drug-likeness (QED) is 0.730. The van der Waals surface area contributed by atoms with Crippen LogP contribution in [-0.4, -0.2) is 38.7 Å². The number of sulfone groups is 1. The molecule has 128 valence electrons. The molecule has 0 fully saturated rings. The fourth-order valence-corrected chi connectivity index (χ4v) is 3.12. The van der Waals surface area contributed by atoms with Crippen LogP contribution in [0.5, 0.6) is 0 Å². The fourth-order valence-electron chi connectivity index (χ4n) is 2.03. The maximum Gasteiger partial charge on any atom is 0.339 e. The molecule has 0 saturated heterocycles. The number of carbonyl (C=O) groups excluding carboxylic acids is 2. The highest BCUT2D eigenvalue weighted by atomic mass is 32.2. The average molecular weight is 341 g/mol. The molecule has 1 aromatic carbocycles. The number of carbonyl (C=O) groups is 2. The summed E-state index contributed by atoms with van der Waals surface area (Å²) < 4.78 is 28.9. The van der Waals surface area contributed by atoms with E-state index in [9.17, 15) is 18.0 Å². The predicted molar refractivity (Wildman–Crippen MR) is 87.0 cm³/mol. The molecule has 0 bridgehead atoms. The maximum absolute atomic E-state index is 12.1. The van der Waals surface area contributed by atoms with Crippen molar-refractivity contribution in [2.75, 3.05) is 12.4 Å². The van der Waals surface area contributed by atoms with Gasteiger partial charge in [0.25, 0.3) is 5.91 Å². The van der Waals surface area contributed by atoms with Gasteiger partial charge in [0, 0.05) is 6.04 Å². The first-order chi connectivity index (χ1) is 10.9. The summed E-state index contributed by atoms with van der Waals surface area (Å²) in [6.07, 6.45) is 1.57. The lowest BCUT2D eigenvalue weighted by Gasteiger charge is -2.15. The lowest BCUT2D eigenvalue weighted by atomic mass is 10.2. The number of hydrogen-bond donors (Lipinski definition) is 1. The number of nitrogens with one attached hydrogen (secondary N) is 1. The van der Waals surface area contributed by atoms with E-state index in [0.29, 0.717) is 0 Å². The van der Waals surface area contributed by atoms with Gasteiger partial charge in [0.2, 0.25) is 0 Å². The third-order valence-electron chi connectivity index (χ3n) is 3.51. The van der Waals surface area contributed by atoms with Crippen LogP contribution in [0.1, 0.15) is 44.0 Å². The van der Waals surface area contributed by atoms with Crippen molar-refractivity contribution in [1.29, 1.82) is 0 Å². The predicted octanol–water partition coefficient (Wildman–Crippen LogP) is 1.94.